The number of nitrogens with one attached hydrogen (secondary N) is 1. The molecule has 0 aliphatic heterocycles. The van der Waals surface area contributed by atoms with E-state index in [2.05, 4.69) is 20.8 Å². The molecule has 2 rings (SSSR count). The summed E-state index contributed by atoms with van der Waals surface area (Å²) in [5.41, 5.74) is 0.145. The van der Waals surface area contributed by atoms with Crippen molar-refractivity contribution in [3.63, 3.8) is 0 Å². The molecule has 2 aromatic rings. The second-order valence-electron chi connectivity index (χ2n) is 4.27. The number of benzene rings is 1. The minimum Gasteiger partial charge on any atom is -0.318 e. The van der Waals surface area contributed by atoms with Crippen LogP contribution in [0.3, 0.4) is 0 Å². The van der Waals surface area contributed by atoms with Gasteiger partial charge in [0, 0.05) is 12.3 Å². The lowest BCUT2D eigenvalue weighted by Crippen LogP contribution is -2.16. The Morgan fingerprint density at radius 3 is 2.57 bits per heavy atom. The largest absolute Gasteiger partial charge is 0.416 e. The summed E-state index contributed by atoms with van der Waals surface area (Å²) in [6.07, 6.45) is -4.30. The van der Waals surface area contributed by atoms with Gasteiger partial charge in [0.2, 0.25) is 5.16 Å². The van der Waals surface area contributed by atoms with Gasteiger partial charge < -0.3 is 5.32 Å². The Labute approximate surface area is 123 Å². The van der Waals surface area contributed by atoms with Crippen molar-refractivity contribution >= 4 is 11.8 Å². The summed E-state index contributed by atoms with van der Waals surface area (Å²) in [5.74, 6) is 0.512. The predicted octanol–water partition coefficient (Wildman–Crippen LogP) is 2.20. The number of aromatic nitrogens is 4. The summed E-state index contributed by atoms with van der Waals surface area (Å²) in [6.45, 7) is 1.37. The maximum absolute atomic E-state index is 12.5. The average molecular weight is 317 g/mol. The van der Waals surface area contributed by atoms with Crippen molar-refractivity contribution in [2.24, 2.45) is 0 Å². The Balaban J connectivity index is 1.95. The SMILES string of the molecule is CNCCn1nnnc1SCc1ccc(C(F)(F)F)cc1. The summed E-state index contributed by atoms with van der Waals surface area (Å²) < 4.78 is 39.0. The van der Waals surface area contributed by atoms with Crippen LogP contribution in [-0.2, 0) is 18.5 Å². The maximum Gasteiger partial charge on any atom is 0.416 e. The monoisotopic (exact) mass is 317 g/mol. The van der Waals surface area contributed by atoms with Crippen LogP contribution < -0.4 is 5.32 Å². The van der Waals surface area contributed by atoms with Crippen LogP contribution >= 0.6 is 11.8 Å². The molecule has 1 N–H and O–H groups in total. The molecule has 0 saturated heterocycles. The zero-order valence-corrected chi connectivity index (χ0v) is 12.1. The number of alkyl halides is 3. The predicted molar refractivity (Wildman–Crippen MR) is 72.7 cm³/mol. The molecule has 21 heavy (non-hydrogen) atoms. The number of thioether (sulfide) groups is 1. The molecule has 0 unspecified atom stereocenters. The van der Waals surface area contributed by atoms with E-state index < -0.39 is 11.7 Å². The Morgan fingerprint density at radius 2 is 1.95 bits per heavy atom. The molecule has 114 valence electrons. The molecule has 0 radical (unpaired) electrons. The molecular formula is C12H14F3N5S. The molecule has 5 nitrogen and oxygen atoms in total. The van der Waals surface area contributed by atoms with Gasteiger partial charge in [0.25, 0.3) is 0 Å². The fourth-order valence-electron chi connectivity index (χ4n) is 1.60. The fourth-order valence-corrected chi connectivity index (χ4v) is 2.45. The van der Waals surface area contributed by atoms with E-state index in [1.54, 1.807) is 4.68 Å². The molecule has 0 fully saturated rings. The molecule has 0 atom stereocenters. The molecule has 1 aromatic carbocycles. The molecule has 0 saturated carbocycles. The van der Waals surface area contributed by atoms with E-state index in [-0.39, 0.29) is 0 Å². The molecule has 1 heterocycles. The van der Waals surface area contributed by atoms with Gasteiger partial charge in [-0.15, -0.1) is 5.10 Å². The first-order valence-electron chi connectivity index (χ1n) is 6.20. The second kappa shape index (κ2) is 6.90. The Kier molecular flexibility index (Phi) is 5.18. The Hall–Kier alpha value is -1.61. The third-order valence-electron chi connectivity index (χ3n) is 2.72. The van der Waals surface area contributed by atoms with Gasteiger partial charge in [0.05, 0.1) is 12.1 Å². The van der Waals surface area contributed by atoms with Crippen LogP contribution in [0.4, 0.5) is 13.2 Å². The molecule has 0 bridgehead atoms. The van der Waals surface area contributed by atoms with Gasteiger partial charge in [-0.1, -0.05) is 23.9 Å². The Morgan fingerprint density at radius 1 is 1.24 bits per heavy atom. The molecular weight excluding hydrogens is 303 g/mol. The fraction of sp³-hybridized carbons (Fsp3) is 0.417. The smallest absolute Gasteiger partial charge is 0.318 e. The van der Waals surface area contributed by atoms with Crippen molar-refractivity contribution < 1.29 is 13.2 Å². The van der Waals surface area contributed by atoms with Crippen LogP contribution in [0.5, 0.6) is 0 Å². The van der Waals surface area contributed by atoms with Gasteiger partial charge in [-0.3, -0.25) is 0 Å². The van der Waals surface area contributed by atoms with Crippen molar-refractivity contribution in [1.82, 2.24) is 25.5 Å². The van der Waals surface area contributed by atoms with E-state index in [1.807, 2.05) is 7.05 Å². The normalized spacial score (nSPS) is 11.8. The number of halogens is 3. The molecule has 0 aliphatic carbocycles. The standard InChI is InChI=1S/C12H14F3N5S/c1-16-6-7-20-11(17-18-19-20)21-8-9-2-4-10(5-3-9)12(13,14)15/h2-5,16H,6-8H2,1H3. The lowest BCUT2D eigenvalue weighted by molar-refractivity contribution is -0.137. The van der Waals surface area contributed by atoms with E-state index in [1.165, 1.54) is 23.9 Å². The van der Waals surface area contributed by atoms with E-state index in [9.17, 15) is 13.2 Å². The van der Waals surface area contributed by atoms with Crippen molar-refractivity contribution in [3.05, 3.63) is 35.4 Å². The van der Waals surface area contributed by atoms with Gasteiger partial charge in [-0.05, 0) is 35.2 Å². The number of rotatable bonds is 6. The van der Waals surface area contributed by atoms with E-state index in [0.717, 1.165) is 24.2 Å². The first-order chi connectivity index (χ1) is 10.0. The van der Waals surface area contributed by atoms with Gasteiger partial charge in [-0.25, -0.2) is 4.68 Å². The van der Waals surface area contributed by atoms with E-state index >= 15 is 0 Å². The highest BCUT2D eigenvalue weighted by Gasteiger charge is 2.29. The zero-order chi connectivity index (χ0) is 15.3. The van der Waals surface area contributed by atoms with Gasteiger partial charge >= 0.3 is 6.18 Å². The average Bonchev–Trinajstić information content (AvgIpc) is 2.90. The molecule has 0 aliphatic rings. The summed E-state index contributed by atoms with van der Waals surface area (Å²) in [7, 11) is 1.83. The Bertz CT molecular complexity index is 567. The van der Waals surface area contributed by atoms with Gasteiger partial charge in [0.1, 0.15) is 0 Å². The third kappa shape index (κ3) is 4.43. The summed E-state index contributed by atoms with van der Waals surface area (Å²) in [4.78, 5) is 0. The second-order valence-corrected chi connectivity index (χ2v) is 5.21. The van der Waals surface area contributed by atoms with Crippen LogP contribution in [0.15, 0.2) is 29.4 Å². The van der Waals surface area contributed by atoms with E-state index in [4.69, 9.17) is 0 Å². The van der Waals surface area contributed by atoms with Crippen molar-refractivity contribution in [2.75, 3.05) is 13.6 Å². The minimum absolute atomic E-state index is 0.512. The van der Waals surface area contributed by atoms with Crippen LogP contribution in [0.1, 0.15) is 11.1 Å². The molecule has 0 amide bonds. The van der Waals surface area contributed by atoms with Gasteiger partial charge in [-0.2, -0.15) is 13.2 Å². The maximum atomic E-state index is 12.5. The molecule has 9 heteroatoms. The van der Waals surface area contributed by atoms with Crippen LogP contribution in [-0.4, -0.2) is 33.8 Å². The van der Waals surface area contributed by atoms with Gasteiger partial charge in [0.15, 0.2) is 0 Å². The number of likely N-dealkylation sites (N-methyl/N-ethyl adjacent to an activating group) is 1. The molecule has 1 aromatic heterocycles. The lowest BCUT2D eigenvalue weighted by Gasteiger charge is -2.07. The first-order valence-corrected chi connectivity index (χ1v) is 7.19. The van der Waals surface area contributed by atoms with E-state index in [0.29, 0.717) is 17.5 Å². The third-order valence-corrected chi connectivity index (χ3v) is 3.75. The topological polar surface area (TPSA) is 55.6 Å². The van der Waals surface area contributed by atoms with Crippen LogP contribution in [0.2, 0.25) is 0 Å². The summed E-state index contributed by atoms with van der Waals surface area (Å²) in [6, 6.07) is 5.11. The highest BCUT2D eigenvalue weighted by atomic mass is 32.2. The molecule has 0 spiro atoms. The number of nitrogens with zero attached hydrogens (tertiary/aromatic N) is 4. The zero-order valence-electron chi connectivity index (χ0n) is 11.3. The number of hydrogen-bond acceptors (Lipinski definition) is 5. The minimum atomic E-state index is -4.30. The van der Waals surface area contributed by atoms with Crippen molar-refractivity contribution in [1.29, 1.82) is 0 Å². The number of hydrogen-bond donors (Lipinski definition) is 1. The number of tetrazole rings is 1. The van der Waals surface area contributed by atoms with Crippen molar-refractivity contribution in [2.45, 2.75) is 23.6 Å². The quantitative estimate of drug-likeness (QED) is 0.828. The summed E-state index contributed by atoms with van der Waals surface area (Å²) >= 11 is 1.39. The highest BCUT2D eigenvalue weighted by molar-refractivity contribution is 7.98. The highest BCUT2D eigenvalue weighted by Crippen LogP contribution is 2.30. The first kappa shape index (κ1) is 15.8. The lowest BCUT2D eigenvalue weighted by atomic mass is 10.1. The van der Waals surface area contributed by atoms with Crippen molar-refractivity contribution in [3.8, 4) is 0 Å². The van der Waals surface area contributed by atoms with Crippen LogP contribution in [0.25, 0.3) is 0 Å². The summed E-state index contributed by atoms with van der Waals surface area (Å²) in [5, 5.41) is 15.0. The van der Waals surface area contributed by atoms with Crippen LogP contribution in [0, 0.1) is 0 Å².